The van der Waals surface area contributed by atoms with Crippen LogP contribution in [0.1, 0.15) is 30.6 Å². The first-order valence-corrected chi connectivity index (χ1v) is 11.2. The fraction of sp³-hybridized carbons (Fsp3) is 0.389. The second-order valence-electron chi connectivity index (χ2n) is 6.28. The minimum atomic E-state index is -3.63. The largest absolute Gasteiger partial charge is 0.351 e. The van der Waals surface area contributed by atoms with E-state index in [0.29, 0.717) is 24.5 Å². The predicted octanol–water partition coefficient (Wildman–Crippen LogP) is 3.65. The maximum absolute atomic E-state index is 13.0. The average Bonchev–Trinajstić information content (AvgIpc) is 3.14. The lowest BCUT2D eigenvalue weighted by Gasteiger charge is -2.34. The number of amides is 1. The molecule has 0 unspecified atom stereocenters. The summed E-state index contributed by atoms with van der Waals surface area (Å²) in [6, 6.07) is 9.76. The number of rotatable bonds is 6. The van der Waals surface area contributed by atoms with Gasteiger partial charge in [-0.15, -0.1) is 11.3 Å². The van der Waals surface area contributed by atoms with Crippen molar-refractivity contribution >= 4 is 38.9 Å². The minimum absolute atomic E-state index is 0.124. The molecule has 0 bridgehead atoms. The Bertz CT molecular complexity index is 836. The Balaban J connectivity index is 1.68. The first kappa shape index (κ1) is 19.4. The molecule has 1 N–H and O–H groups in total. The number of thiophene rings is 1. The lowest BCUT2D eigenvalue weighted by molar-refractivity contribution is -0.122. The lowest BCUT2D eigenvalue weighted by atomic mass is 10.0. The van der Waals surface area contributed by atoms with Crippen molar-refractivity contribution in [3.05, 3.63) is 51.7 Å². The van der Waals surface area contributed by atoms with Crippen LogP contribution < -0.4 is 5.32 Å². The van der Waals surface area contributed by atoms with Crippen molar-refractivity contribution in [1.82, 2.24) is 9.62 Å². The van der Waals surface area contributed by atoms with Crippen LogP contribution in [-0.4, -0.2) is 31.2 Å². The fourth-order valence-corrected chi connectivity index (χ4v) is 5.58. The van der Waals surface area contributed by atoms with Crippen molar-refractivity contribution in [2.24, 2.45) is 0 Å². The lowest BCUT2D eigenvalue weighted by Crippen LogP contribution is -2.45. The Hall–Kier alpha value is -1.41. The zero-order valence-corrected chi connectivity index (χ0v) is 16.6. The number of piperidine rings is 1. The van der Waals surface area contributed by atoms with Gasteiger partial charge in [0.25, 0.3) is 0 Å². The molecule has 140 valence electrons. The van der Waals surface area contributed by atoms with Gasteiger partial charge in [0.2, 0.25) is 15.9 Å². The number of hydrogen-bond donors (Lipinski definition) is 1. The molecule has 8 heteroatoms. The summed E-state index contributed by atoms with van der Waals surface area (Å²) < 4.78 is 27.5. The molecule has 26 heavy (non-hydrogen) atoms. The number of carbonyl (C=O) groups excluding carboxylic acids is 1. The van der Waals surface area contributed by atoms with Gasteiger partial charge in [-0.2, -0.15) is 4.31 Å². The molecule has 0 saturated carbocycles. The molecular formula is C18H21ClN2O3S2. The number of nitrogens with one attached hydrogen (secondary N) is 1. The molecule has 1 aliphatic rings. The molecule has 1 amide bonds. The number of carbonyl (C=O) groups is 1. The molecule has 0 radical (unpaired) electrons. The summed E-state index contributed by atoms with van der Waals surface area (Å²) in [7, 11) is -3.63. The Morgan fingerprint density at radius 3 is 2.69 bits per heavy atom. The van der Waals surface area contributed by atoms with Crippen LogP contribution in [-0.2, 0) is 21.4 Å². The van der Waals surface area contributed by atoms with Crippen LogP contribution in [0.5, 0.6) is 0 Å². The van der Waals surface area contributed by atoms with Gasteiger partial charge in [0, 0.05) is 28.9 Å². The van der Waals surface area contributed by atoms with E-state index in [1.54, 1.807) is 23.5 Å². The summed E-state index contributed by atoms with van der Waals surface area (Å²) in [6.45, 7) is 0.918. The highest BCUT2D eigenvalue weighted by atomic mass is 35.5. The van der Waals surface area contributed by atoms with Crippen molar-refractivity contribution in [2.75, 3.05) is 6.54 Å². The maximum atomic E-state index is 13.0. The number of halogens is 1. The molecule has 1 atom stereocenters. The molecule has 1 aliphatic heterocycles. The van der Waals surface area contributed by atoms with Crippen LogP contribution in [0.25, 0.3) is 0 Å². The SMILES string of the molecule is O=C(C[C@@H]1CCCCN1S(=O)(=O)c1ccc(Cl)cc1)NCc1cccs1. The van der Waals surface area contributed by atoms with Gasteiger partial charge in [-0.1, -0.05) is 24.1 Å². The van der Waals surface area contributed by atoms with Gasteiger partial charge in [0.15, 0.2) is 0 Å². The second kappa shape index (κ2) is 8.52. The van der Waals surface area contributed by atoms with Crippen molar-refractivity contribution in [2.45, 2.75) is 43.2 Å². The summed E-state index contributed by atoms with van der Waals surface area (Å²) in [5, 5.41) is 5.34. The third-order valence-electron chi connectivity index (χ3n) is 4.45. The van der Waals surface area contributed by atoms with Gasteiger partial charge in [-0.3, -0.25) is 4.79 Å². The molecule has 0 aliphatic carbocycles. The molecule has 1 aromatic heterocycles. The van der Waals surface area contributed by atoms with Gasteiger partial charge < -0.3 is 5.32 Å². The topological polar surface area (TPSA) is 66.5 Å². The summed E-state index contributed by atoms with van der Waals surface area (Å²) >= 11 is 7.44. The van der Waals surface area contributed by atoms with Crippen LogP contribution >= 0.6 is 22.9 Å². The third-order valence-corrected chi connectivity index (χ3v) is 7.55. The summed E-state index contributed by atoms with van der Waals surface area (Å²) in [6.07, 6.45) is 2.60. The van der Waals surface area contributed by atoms with Crippen molar-refractivity contribution in [3.8, 4) is 0 Å². The minimum Gasteiger partial charge on any atom is -0.351 e. The molecule has 1 aromatic carbocycles. The van der Waals surface area contributed by atoms with Crippen molar-refractivity contribution in [1.29, 1.82) is 0 Å². The maximum Gasteiger partial charge on any atom is 0.243 e. The number of sulfonamides is 1. The first-order chi connectivity index (χ1) is 12.5. The van der Waals surface area contributed by atoms with E-state index < -0.39 is 10.0 Å². The van der Waals surface area contributed by atoms with E-state index >= 15 is 0 Å². The molecule has 0 spiro atoms. The van der Waals surface area contributed by atoms with E-state index in [9.17, 15) is 13.2 Å². The van der Waals surface area contributed by atoms with Crippen LogP contribution in [0.3, 0.4) is 0 Å². The van der Waals surface area contributed by atoms with Crippen molar-refractivity contribution < 1.29 is 13.2 Å². The van der Waals surface area contributed by atoms with E-state index in [-0.39, 0.29) is 23.3 Å². The summed E-state index contributed by atoms with van der Waals surface area (Å²) in [5.41, 5.74) is 0. The molecular weight excluding hydrogens is 392 g/mol. The van der Waals surface area contributed by atoms with E-state index in [1.807, 2.05) is 17.5 Å². The zero-order chi connectivity index (χ0) is 18.6. The fourth-order valence-electron chi connectivity index (χ4n) is 3.12. The molecule has 1 fully saturated rings. The Kier molecular flexibility index (Phi) is 6.34. The smallest absolute Gasteiger partial charge is 0.243 e. The van der Waals surface area contributed by atoms with Gasteiger partial charge in [-0.25, -0.2) is 8.42 Å². The van der Waals surface area contributed by atoms with Gasteiger partial charge in [-0.05, 0) is 48.6 Å². The summed E-state index contributed by atoms with van der Waals surface area (Å²) in [5.74, 6) is -0.124. The molecule has 5 nitrogen and oxygen atoms in total. The Morgan fingerprint density at radius 2 is 2.00 bits per heavy atom. The van der Waals surface area contributed by atoms with E-state index in [4.69, 9.17) is 11.6 Å². The van der Waals surface area contributed by atoms with Crippen molar-refractivity contribution in [3.63, 3.8) is 0 Å². The third kappa shape index (κ3) is 4.65. The van der Waals surface area contributed by atoms with Crippen LogP contribution in [0, 0.1) is 0 Å². The molecule has 2 heterocycles. The van der Waals surface area contributed by atoms with E-state index in [0.717, 1.165) is 17.7 Å². The Labute approximate surface area is 163 Å². The first-order valence-electron chi connectivity index (χ1n) is 8.53. The molecule has 1 saturated heterocycles. The number of hydrogen-bond acceptors (Lipinski definition) is 4. The summed E-state index contributed by atoms with van der Waals surface area (Å²) in [4.78, 5) is 13.6. The van der Waals surface area contributed by atoms with Gasteiger partial charge in [0.1, 0.15) is 0 Å². The second-order valence-corrected chi connectivity index (χ2v) is 9.64. The highest BCUT2D eigenvalue weighted by Gasteiger charge is 2.34. The van der Waals surface area contributed by atoms with E-state index in [2.05, 4.69) is 5.32 Å². The molecule has 2 aromatic rings. The van der Waals surface area contributed by atoms with E-state index in [1.165, 1.54) is 16.4 Å². The standard InChI is InChI=1S/C18H21ClN2O3S2/c19-14-6-8-17(9-7-14)26(23,24)21-10-2-1-4-15(21)12-18(22)20-13-16-5-3-11-25-16/h3,5-9,11,15H,1-2,4,10,12-13H2,(H,20,22)/t15-/m0/s1. The van der Waals surface area contributed by atoms with Crippen LogP contribution in [0.4, 0.5) is 0 Å². The monoisotopic (exact) mass is 412 g/mol. The average molecular weight is 413 g/mol. The Morgan fingerprint density at radius 1 is 1.23 bits per heavy atom. The van der Waals surface area contributed by atoms with Gasteiger partial charge in [0.05, 0.1) is 11.4 Å². The zero-order valence-electron chi connectivity index (χ0n) is 14.2. The van der Waals surface area contributed by atoms with Gasteiger partial charge >= 0.3 is 0 Å². The molecule has 3 rings (SSSR count). The highest BCUT2D eigenvalue weighted by Crippen LogP contribution is 2.27. The van der Waals surface area contributed by atoms with Crippen LogP contribution in [0.15, 0.2) is 46.7 Å². The highest BCUT2D eigenvalue weighted by molar-refractivity contribution is 7.89. The predicted molar refractivity (Wildman–Crippen MR) is 104 cm³/mol. The number of benzene rings is 1. The van der Waals surface area contributed by atoms with Crippen LogP contribution in [0.2, 0.25) is 5.02 Å². The number of nitrogens with zero attached hydrogens (tertiary/aromatic N) is 1. The quantitative estimate of drug-likeness (QED) is 0.787. The normalized spacial score (nSPS) is 18.6.